The molecule has 1 aliphatic rings. The van der Waals surface area contributed by atoms with E-state index in [1.807, 2.05) is 4.98 Å². The summed E-state index contributed by atoms with van der Waals surface area (Å²) in [6.07, 6.45) is -5.49. The molecule has 12 nitrogen and oxygen atoms in total. The molecule has 1 fully saturated rings. The third-order valence-electron chi connectivity index (χ3n) is 3.10. The van der Waals surface area contributed by atoms with E-state index < -0.39 is 55.8 Å². The number of ether oxygens (including phenoxy) is 1. The van der Waals surface area contributed by atoms with E-state index in [9.17, 15) is 34.2 Å². The number of aromatic amines is 1. The molecule has 2 rings (SSSR count). The zero-order valence-electron chi connectivity index (χ0n) is 11.2. The van der Waals surface area contributed by atoms with Crippen molar-refractivity contribution in [2.45, 2.75) is 24.5 Å². The summed E-state index contributed by atoms with van der Waals surface area (Å²) in [5.41, 5.74) is -2.41. The van der Waals surface area contributed by atoms with Crippen molar-refractivity contribution >= 4 is 7.82 Å². The minimum Gasteiger partial charge on any atom is -0.790 e. The van der Waals surface area contributed by atoms with E-state index in [4.69, 9.17) is 10.00 Å². The highest BCUT2D eigenvalue weighted by molar-refractivity contribution is 7.43. The number of phosphoric ester groups is 1. The predicted octanol–water partition coefficient (Wildman–Crippen LogP) is -4.13. The van der Waals surface area contributed by atoms with Gasteiger partial charge < -0.3 is 33.8 Å². The van der Waals surface area contributed by atoms with Gasteiger partial charge >= 0.3 is 5.69 Å². The molecular weight excluding hydrogens is 337 g/mol. The van der Waals surface area contributed by atoms with Crippen molar-refractivity contribution in [3.63, 3.8) is 0 Å². The molecular formula is C10H10N3O9P-2. The van der Waals surface area contributed by atoms with E-state index in [1.54, 1.807) is 0 Å². The first-order chi connectivity index (χ1) is 10.6. The van der Waals surface area contributed by atoms with Crippen LogP contribution in [0.4, 0.5) is 0 Å². The lowest BCUT2D eigenvalue weighted by Crippen LogP contribution is -2.38. The number of aliphatic hydroxyl groups is 2. The van der Waals surface area contributed by atoms with E-state index in [2.05, 4.69) is 4.52 Å². The lowest BCUT2D eigenvalue weighted by Gasteiger charge is -2.30. The summed E-state index contributed by atoms with van der Waals surface area (Å²) < 4.78 is 20.1. The lowest BCUT2D eigenvalue weighted by molar-refractivity contribution is -0.343. The minimum atomic E-state index is -5.32. The number of nitrogens with zero attached hydrogens (tertiary/aromatic N) is 2. The highest BCUT2D eigenvalue weighted by Crippen LogP contribution is 2.32. The zero-order chi connectivity index (χ0) is 17.4. The van der Waals surface area contributed by atoms with Gasteiger partial charge in [0.2, 0.25) is 0 Å². The number of rotatable bonds is 4. The van der Waals surface area contributed by atoms with Crippen LogP contribution in [0.25, 0.3) is 0 Å². The van der Waals surface area contributed by atoms with Crippen LogP contribution in [0.15, 0.2) is 15.8 Å². The first-order valence-electron chi connectivity index (χ1n) is 6.08. The van der Waals surface area contributed by atoms with Crippen molar-refractivity contribution in [2.24, 2.45) is 0 Å². The Morgan fingerprint density at radius 3 is 2.65 bits per heavy atom. The van der Waals surface area contributed by atoms with Gasteiger partial charge in [-0.25, -0.2) is 4.79 Å². The van der Waals surface area contributed by atoms with E-state index in [1.165, 1.54) is 6.07 Å². The Morgan fingerprint density at radius 1 is 1.43 bits per heavy atom. The van der Waals surface area contributed by atoms with Gasteiger partial charge in [-0.15, -0.1) is 0 Å². The maximum Gasteiger partial charge on any atom is 0.330 e. The Labute approximate surface area is 127 Å². The molecule has 0 bridgehead atoms. The van der Waals surface area contributed by atoms with Gasteiger partial charge in [-0.05, 0) is 0 Å². The van der Waals surface area contributed by atoms with E-state index in [-0.39, 0.29) is 0 Å². The predicted molar refractivity (Wildman–Crippen MR) is 65.5 cm³/mol. The maximum absolute atomic E-state index is 11.7. The average Bonchev–Trinajstić information content (AvgIpc) is 2.73. The van der Waals surface area contributed by atoms with Crippen LogP contribution < -0.4 is 21.0 Å². The number of aromatic nitrogens is 2. The van der Waals surface area contributed by atoms with Crippen LogP contribution in [0.5, 0.6) is 0 Å². The second kappa shape index (κ2) is 6.34. The smallest absolute Gasteiger partial charge is 0.330 e. The minimum absolute atomic E-state index is 0.446. The van der Waals surface area contributed by atoms with Crippen LogP contribution in [0, 0.1) is 11.3 Å². The zero-order valence-corrected chi connectivity index (χ0v) is 12.1. The molecule has 1 saturated heterocycles. The molecule has 1 aromatic heterocycles. The van der Waals surface area contributed by atoms with Crippen molar-refractivity contribution in [3.05, 3.63) is 32.6 Å². The van der Waals surface area contributed by atoms with Crippen molar-refractivity contribution in [1.29, 1.82) is 5.26 Å². The Kier molecular flexibility index (Phi) is 4.83. The molecule has 0 amide bonds. The van der Waals surface area contributed by atoms with E-state index in [0.29, 0.717) is 4.57 Å². The molecule has 1 aromatic rings. The fraction of sp³-hybridized carbons (Fsp3) is 0.500. The Bertz CT molecular complexity index is 790. The number of hydrogen-bond acceptors (Lipinski definition) is 10. The number of hydrogen-bond donors (Lipinski definition) is 3. The number of phosphoric acid groups is 1. The van der Waals surface area contributed by atoms with E-state index in [0.717, 1.165) is 6.20 Å². The Morgan fingerprint density at radius 2 is 2.09 bits per heavy atom. The normalized spacial score (nSPS) is 27.8. The molecule has 2 heterocycles. The monoisotopic (exact) mass is 347 g/mol. The van der Waals surface area contributed by atoms with Gasteiger partial charge in [0.05, 0.1) is 14.4 Å². The SMILES string of the molecule is N#Cc1cn([C@@H]2O[C@H](COP(=O)([O-])[O-])[C@@H](O)[C@H]2O)c(=O)[nH]c1=O. The van der Waals surface area contributed by atoms with Crippen molar-refractivity contribution in [1.82, 2.24) is 9.55 Å². The van der Waals surface area contributed by atoms with Crippen LogP contribution in [0.1, 0.15) is 11.8 Å². The molecule has 4 atom stereocenters. The summed E-state index contributed by atoms with van der Waals surface area (Å²) in [5.74, 6) is 0. The molecule has 0 aromatic carbocycles. The van der Waals surface area contributed by atoms with Gasteiger partial charge in [0.1, 0.15) is 29.9 Å². The van der Waals surface area contributed by atoms with Gasteiger partial charge in [-0.1, -0.05) is 0 Å². The molecule has 0 spiro atoms. The van der Waals surface area contributed by atoms with Gasteiger partial charge in [-0.3, -0.25) is 14.3 Å². The molecule has 126 valence electrons. The highest BCUT2D eigenvalue weighted by atomic mass is 31.2. The quantitative estimate of drug-likeness (QED) is 0.449. The van der Waals surface area contributed by atoms with Crippen LogP contribution in [-0.4, -0.2) is 44.7 Å². The van der Waals surface area contributed by atoms with Crippen LogP contribution in [0.3, 0.4) is 0 Å². The largest absolute Gasteiger partial charge is 0.790 e. The lowest BCUT2D eigenvalue weighted by atomic mass is 10.1. The summed E-state index contributed by atoms with van der Waals surface area (Å²) in [6.45, 7) is -0.873. The number of H-pyrrole nitrogens is 1. The van der Waals surface area contributed by atoms with Gasteiger partial charge in [-0.2, -0.15) is 5.26 Å². The molecule has 3 N–H and O–H groups in total. The number of aliphatic hydroxyl groups excluding tert-OH is 2. The molecule has 0 aliphatic carbocycles. The molecule has 0 unspecified atom stereocenters. The molecule has 1 aliphatic heterocycles. The third-order valence-corrected chi connectivity index (χ3v) is 3.56. The number of nitriles is 1. The molecule has 23 heavy (non-hydrogen) atoms. The van der Waals surface area contributed by atoms with Crippen molar-refractivity contribution in [2.75, 3.05) is 6.61 Å². The first kappa shape index (κ1) is 17.5. The van der Waals surface area contributed by atoms with Gasteiger partial charge in [0.25, 0.3) is 5.56 Å². The van der Waals surface area contributed by atoms with Crippen LogP contribution in [0.2, 0.25) is 0 Å². The number of nitrogens with one attached hydrogen (secondary N) is 1. The second-order valence-electron chi connectivity index (χ2n) is 4.61. The molecule has 0 radical (unpaired) electrons. The standard InChI is InChI=1S/C10H12N3O9P/c11-1-4-2-13(10(17)12-8(4)16)9-7(15)6(14)5(22-9)3-21-23(18,19)20/h2,5-7,9,14-15H,3H2,(H,12,16,17)(H2,18,19,20)/p-2/t5-,6-,7-,9-/m1/s1. The highest BCUT2D eigenvalue weighted by Gasteiger charge is 2.44. The first-order valence-corrected chi connectivity index (χ1v) is 7.54. The third kappa shape index (κ3) is 3.74. The fourth-order valence-electron chi connectivity index (χ4n) is 2.02. The molecule has 0 saturated carbocycles. The fourth-order valence-corrected chi connectivity index (χ4v) is 2.34. The van der Waals surface area contributed by atoms with Crippen LogP contribution in [-0.2, 0) is 13.8 Å². The van der Waals surface area contributed by atoms with Gasteiger partial charge in [0.15, 0.2) is 6.23 Å². The van der Waals surface area contributed by atoms with Gasteiger partial charge in [0, 0.05) is 6.20 Å². The summed E-state index contributed by atoms with van der Waals surface area (Å²) in [5, 5.41) is 28.4. The summed E-state index contributed by atoms with van der Waals surface area (Å²) in [7, 11) is -5.32. The van der Waals surface area contributed by atoms with Crippen molar-refractivity contribution < 1.29 is 33.8 Å². The van der Waals surface area contributed by atoms with E-state index >= 15 is 0 Å². The van der Waals surface area contributed by atoms with Crippen LogP contribution >= 0.6 is 7.82 Å². The second-order valence-corrected chi connectivity index (χ2v) is 5.76. The maximum atomic E-state index is 11.7. The molecule has 13 heteroatoms. The average molecular weight is 347 g/mol. The summed E-state index contributed by atoms with van der Waals surface area (Å²) in [6, 6.07) is 1.52. The Balaban J connectivity index is 2.28. The topological polar surface area (TPSA) is 201 Å². The summed E-state index contributed by atoms with van der Waals surface area (Å²) >= 11 is 0. The van der Waals surface area contributed by atoms with Crippen molar-refractivity contribution in [3.8, 4) is 6.07 Å². The summed E-state index contributed by atoms with van der Waals surface area (Å²) in [4.78, 5) is 45.7. The Hall–Kier alpha value is -1.84.